The van der Waals surface area contributed by atoms with Gasteiger partial charge in [-0.2, -0.15) is 0 Å². The van der Waals surface area contributed by atoms with Gasteiger partial charge in [-0.1, -0.05) is 25.7 Å². The Labute approximate surface area is 148 Å². The topological polar surface area (TPSA) is 30.5 Å². The van der Waals surface area contributed by atoms with Crippen molar-refractivity contribution in [1.82, 2.24) is 5.32 Å². The van der Waals surface area contributed by atoms with Gasteiger partial charge in [-0.15, -0.1) is 12.4 Å². The Morgan fingerprint density at radius 1 is 1.18 bits per heavy atom. The number of nitrogens with one attached hydrogen (secondary N) is 1. The second-order valence-corrected chi connectivity index (χ2v) is 6.47. The molecule has 1 aromatic rings. The number of methoxy groups -OCH3 is 1. The van der Waals surface area contributed by atoms with Crippen LogP contribution in [0.4, 0.5) is 0 Å². The summed E-state index contributed by atoms with van der Waals surface area (Å²) in [6.45, 7) is 3.51. The van der Waals surface area contributed by atoms with Gasteiger partial charge in [0, 0.05) is 12.6 Å². The quantitative estimate of drug-likeness (QED) is 0.684. The van der Waals surface area contributed by atoms with Crippen LogP contribution in [0.15, 0.2) is 16.6 Å². The highest BCUT2D eigenvalue weighted by Crippen LogP contribution is 2.36. The predicted octanol–water partition coefficient (Wildman–Crippen LogP) is 5.09. The molecule has 0 aliphatic heterocycles. The summed E-state index contributed by atoms with van der Waals surface area (Å²) in [4.78, 5) is 0. The molecule has 0 atom stereocenters. The predicted molar refractivity (Wildman–Crippen MR) is 97.4 cm³/mol. The molecule has 22 heavy (non-hydrogen) atoms. The zero-order chi connectivity index (χ0) is 15.1. The lowest BCUT2D eigenvalue weighted by molar-refractivity contribution is 0.309. The molecule has 126 valence electrons. The van der Waals surface area contributed by atoms with Crippen molar-refractivity contribution in [3.63, 3.8) is 0 Å². The van der Waals surface area contributed by atoms with Crippen LogP contribution in [-0.2, 0) is 6.54 Å². The van der Waals surface area contributed by atoms with Crippen molar-refractivity contribution in [2.24, 2.45) is 0 Å². The first-order chi connectivity index (χ1) is 10.2. The Morgan fingerprint density at radius 2 is 1.86 bits per heavy atom. The first-order valence-electron chi connectivity index (χ1n) is 7.97. The molecule has 0 unspecified atom stereocenters. The molecule has 1 fully saturated rings. The number of ether oxygens (including phenoxy) is 2. The molecule has 0 amide bonds. The van der Waals surface area contributed by atoms with E-state index < -0.39 is 0 Å². The molecule has 1 N–H and O–H groups in total. The summed E-state index contributed by atoms with van der Waals surface area (Å²) >= 11 is 3.57. The van der Waals surface area contributed by atoms with Gasteiger partial charge in [-0.05, 0) is 53.4 Å². The molecule has 0 radical (unpaired) electrons. The molecule has 1 aliphatic rings. The van der Waals surface area contributed by atoms with Crippen molar-refractivity contribution in [3.8, 4) is 11.5 Å². The van der Waals surface area contributed by atoms with Crippen LogP contribution >= 0.6 is 28.3 Å². The van der Waals surface area contributed by atoms with Gasteiger partial charge in [0.2, 0.25) is 0 Å². The molecule has 3 nitrogen and oxygen atoms in total. The van der Waals surface area contributed by atoms with E-state index in [2.05, 4.69) is 33.4 Å². The van der Waals surface area contributed by atoms with Gasteiger partial charge in [-0.25, -0.2) is 0 Å². The molecule has 0 aromatic heterocycles. The number of benzene rings is 1. The number of halogens is 2. The van der Waals surface area contributed by atoms with Gasteiger partial charge in [0.05, 0.1) is 18.2 Å². The average molecular weight is 393 g/mol. The summed E-state index contributed by atoms with van der Waals surface area (Å²) in [5.74, 6) is 1.59. The fourth-order valence-electron chi connectivity index (χ4n) is 2.93. The highest BCUT2D eigenvalue weighted by molar-refractivity contribution is 9.10. The molecule has 0 bridgehead atoms. The Bertz CT molecular complexity index is 449. The van der Waals surface area contributed by atoms with Crippen LogP contribution in [-0.4, -0.2) is 19.8 Å². The Kier molecular flexibility index (Phi) is 9.22. The van der Waals surface area contributed by atoms with E-state index in [0.29, 0.717) is 12.6 Å². The lowest BCUT2D eigenvalue weighted by Crippen LogP contribution is -2.27. The summed E-state index contributed by atoms with van der Waals surface area (Å²) in [5, 5.41) is 3.69. The monoisotopic (exact) mass is 391 g/mol. The van der Waals surface area contributed by atoms with Gasteiger partial charge in [0.15, 0.2) is 11.5 Å². The fraction of sp³-hybridized carbons (Fsp3) is 0.647. The van der Waals surface area contributed by atoms with Crippen LogP contribution in [0.5, 0.6) is 11.5 Å². The lowest BCUT2D eigenvalue weighted by atomic mass is 10.1. The first-order valence-corrected chi connectivity index (χ1v) is 8.76. The van der Waals surface area contributed by atoms with Gasteiger partial charge in [0.1, 0.15) is 0 Å². The molecule has 0 saturated heterocycles. The number of rotatable bonds is 6. The molecule has 1 saturated carbocycles. The minimum atomic E-state index is 0. The normalized spacial score (nSPS) is 15.8. The van der Waals surface area contributed by atoms with E-state index in [1.165, 1.54) is 44.1 Å². The van der Waals surface area contributed by atoms with E-state index in [-0.39, 0.29) is 12.4 Å². The zero-order valence-electron chi connectivity index (χ0n) is 13.5. The first kappa shape index (κ1) is 19.6. The SMILES string of the molecule is CCOc1cc(CNC2CCCCCC2)cc(Br)c1OC.Cl. The van der Waals surface area contributed by atoms with E-state index in [4.69, 9.17) is 9.47 Å². The van der Waals surface area contributed by atoms with Gasteiger partial charge in [-0.3, -0.25) is 0 Å². The molecule has 1 aliphatic carbocycles. The largest absolute Gasteiger partial charge is 0.492 e. The standard InChI is InChI=1S/C17H26BrNO2.ClH/c1-3-21-16-11-13(10-15(18)17(16)20-2)12-19-14-8-6-4-5-7-9-14;/h10-11,14,19H,3-9,12H2,1-2H3;1H. The number of hydrogen-bond acceptors (Lipinski definition) is 3. The van der Waals surface area contributed by atoms with Crippen molar-refractivity contribution in [2.75, 3.05) is 13.7 Å². The Balaban J connectivity index is 0.00000242. The second-order valence-electron chi connectivity index (χ2n) is 5.61. The van der Waals surface area contributed by atoms with Gasteiger partial charge in [0.25, 0.3) is 0 Å². The minimum Gasteiger partial charge on any atom is -0.492 e. The van der Waals surface area contributed by atoms with Crippen LogP contribution in [0.1, 0.15) is 51.0 Å². The number of hydrogen-bond donors (Lipinski definition) is 1. The molecule has 0 heterocycles. The molecular weight excluding hydrogens is 366 g/mol. The molecular formula is C17H27BrClNO2. The molecule has 5 heteroatoms. The summed E-state index contributed by atoms with van der Waals surface area (Å²) in [6, 6.07) is 4.85. The highest BCUT2D eigenvalue weighted by Gasteiger charge is 2.14. The highest BCUT2D eigenvalue weighted by atomic mass is 79.9. The van der Waals surface area contributed by atoms with Crippen molar-refractivity contribution in [1.29, 1.82) is 0 Å². The van der Waals surface area contributed by atoms with Crippen molar-refractivity contribution >= 4 is 28.3 Å². The van der Waals surface area contributed by atoms with E-state index in [9.17, 15) is 0 Å². The molecule has 2 rings (SSSR count). The summed E-state index contributed by atoms with van der Waals surface area (Å²) in [7, 11) is 1.67. The van der Waals surface area contributed by atoms with Gasteiger partial charge >= 0.3 is 0 Å². The molecule has 0 spiro atoms. The fourth-order valence-corrected chi connectivity index (χ4v) is 3.58. The maximum atomic E-state index is 5.68. The van der Waals surface area contributed by atoms with Crippen LogP contribution in [0.3, 0.4) is 0 Å². The Morgan fingerprint density at radius 3 is 2.45 bits per heavy atom. The maximum absolute atomic E-state index is 5.68. The van der Waals surface area contributed by atoms with E-state index in [1.807, 2.05) is 6.92 Å². The van der Waals surface area contributed by atoms with Crippen LogP contribution < -0.4 is 14.8 Å². The third-order valence-corrected chi connectivity index (χ3v) is 4.61. The van der Waals surface area contributed by atoms with Crippen LogP contribution in [0.25, 0.3) is 0 Å². The second kappa shape index (κ2) is 10.3. The van der Waals surface area contributed by atoms with Crippen LogP contribution in [0, 0.1) is 0 Å². The third kappa shape index (κ3) is 5.64. The van der Waals surface area contributed by atoms with E-state index in [1.54, 1.807) is 7.11 Å². The summed E-state index contributed by atoms with van der Waals surface area (Å²) in [6.07, 6.45) is 8.09. The summed E-state index contributed by atoms with van der Waals surface area (Å²) < 4.78 is 12.0. The van der Waals surface area contributed by atoms with E-state index >= 15 is 0 Å². The van der Waals surface area contributed by atoms with Crippen molar-refractivity contribution in [3.05, 3.63) is 22.2 Å². The van der Waals surface area contributed by atoms with Crippen molar-refractivity contribution in [2.45, 2.75) is 58.0 Å². The average Bonchev–Trinajstić information content (AvgIpc) is 2.74. The van der Waals surface area contributed by atoms with Gasteiger partial charge < -0.3 is 14.8 Å². The van der Waals surface area contributed by atoms with E-state index in [0.717, 1.165) is 22.5 Å². The lowest BCUT2D eigenvalue weighted by Gasteiger charge is -2.18. The Hall–Kier alpha value is -0.450. The van der Waals surface area contributed by atoms with Crippen LogP contribution in [0.2, 0.25) is 0 Å². The zero-order valence-corrected chi connectivity index (χ0v) is 15.9. The summed E-state index contributed by atoms with van der Waals surface area (Å²) in [5.41, 5.74) is 1.23. The van der Waals surface area contributed by atoms with Crippen molar-refractivity contribution < 1.29 is 9.47 Å². The maximum Gasteiger partial charge on any atom is 0.174 e. The minimum absolute atomic E-state index is 0. The molecule has 1 aromatic carbocycles. The third-order valence-electron chi connectivity index (χ3n) is 4.02. The smallest absolute Gasteiger partial charge is 0.174 e.